The molecule has 3 amide bonds. The highest BCUT2D eigenvalue weighted by atomic mass is 32.1. The van der Waals surface area contributed by atoms with E-state index >= 15 is 0 Å². The van der Waals surface area contributed by atoms with Crippen LogP contribution >= 0.6 is 11.5 Å². The number of aromatic nitrogens is 2. The fourth-order valence-corrected chi connectivity index (χ4v) is 5.68. The molecule has 11 heteroatoms. The van der Waals surface area contributed by atoms with Gasteiger partial charge in [-0.1, -0.05) is 31.4 Å². The number of hydrogen-bond acceptors (Lipinski definition) is 7. The molecule has 2 aromatic heterocycles. The summed E-state index contributed by atoms with van der Waals surface area (Å²) in [5, 5.41) is 3.91. The Morgan fingerprint density at radius 2 is 1.79 bits per heavy atom. The molecule has 0 spiro atoms. The highest BCUT2D eigenvalue weighted by Gasteiger charge is 2.37. The van der Waals surface area contributed by atoms with E-state index in [1.54, 1.807) is 24.4 Å². The molecule has 0 aliphatic heterocycles. The average molecular weight is 547 g/mol. The fourth-order valence-electron chi connectivity index (χ4n) is 4.93. The number of nitrogens with two attached hydrogens (primary N) is 2. The van der Waals surface area contributed by atoms with Crippen LogP contribution in [0.15, 0.2) is 60.8 Å². The standard InChI is InChI=1S/C28H27FN6O3S/c29-18-9-11-20(12-10-18)35(28(38)25-22(30)23(26(31)36)34-39-25)24(27(37)33-19-6-2-1-3-7-19)17-8-13-21-16(15-17)5-4-14-32-21/h4-5,8-15,19,24H,1-3,6-7,30H2,(H2,31,36)(H,33,37). The van der Waals surface area contributed by atoms with Gasteiger partial charge in [-0.2, -0.15) is 4.37 Å². The van der Waals surface area contributed by atoms with Crippen molar-refractivity contribution < 1.29 is 18.8 Å². The molecule has 0 bridgehead atoms. The van der Waals surface area contributed by atoms with Crippen molar-refractivity contribution >= 4 is 51.5 Å². The molecule has 1 saturated carbocycles. The van der Waals surface area contributed by atoms with Crippen LogP contribution < -0.4 is 21.7 Å². The average Bonchev–Trinajstić information content (AvgIpc) is 3.33. The third-order valence-electron chi connectivity index (χ3n) is 6.88. The third kappa shape index (κ3) is 5.44. The summed E-state index contributed by atoms with van der Waals surface area (Å²) in [6, 6.07) is 13.1. The molecular formula is C28H27FN6O3S. The van der Waals surface area contributed by atoms with Crippen LogP contribution in [0.5, 0.6) is 0 Å². The number of carbonyl (C=O) groups excluding carboxylic acids is 3. The topological polar surface area (TPSA) is 144 Å². The molecule has 1 atom stereocenters. The predicted octanol–water partition coefficient (Wildman–Crippen LogP) is 4.35. The molecule has 9 nitrogen and oxygen atoms in total. The fraction of sp³-hybridized carbons (Fsp3) is 0.250. The van der Waals surface area contributed by atoms with Gasteiger partial charge in [0.1, 0.15) is 16.7 Å². The van der Waals surface area contributed by atoms with E-state index in [-0.39, 0.29) is 33.9 Å². The number of nitrogen functional groups attached to an aromatic ring is 1. The Bertz CT molecular complexity index is 1530. The Hall–Kier alpha value is -4.38. The minimum atomic E-state index is -1.15. The number of amides is 3. The number of benzene rings is 2. The summed E-state index contributed by atoms with van der Waals surface area (Å²) in [6.45, 7) is 0. The van der Waals surface area contributed by atoms with Crippen LogP contribution in [-0.4, -0.2) is 33.1 Å². The second-order valence-corrected chi connectivity index (χ2v) is 10.3. The van der Waals surface area contributed by atoms with E-state index < -0.39 is 23.7 Å². The maximum absolute atomic E-state index is 14.1. The molecule has 5 N–H and O–H groups in total. The highest BCUT2D eigenvalue weighted by molar-refractivity contribution is 7.09. The molecule has 2 heterocycles. The zero-order chi connectivity index (χ0) is 27.5. The lowest BCUT2D eigenvalue weighted by Gasteiger charge is -2.33. The third-order valence-corrected chi connectivity index (χ3v) is 7.73. The van der Waals surface area contributed by atoms with Gasteiger partial charge in [0.05, 0.1) is 11.2 Å². The van der Waals surface area contributed by atoms with Crippen molar-refractivity contribution in [3.05, 3.63) is 82.7 Å². The van der Waals surface area contributed by atoms with E-state index in [1.807, 2.05) is 12.1 Å². The van der Waals surface area contributed by atoms with Gasteiger partial charge in [0.25, 0.3) is 11.8 Å². The number of primary amides is 1. The molecule has 4 aromatic rings. The molecule has 1 unspecified atom stereocenters. The van der Waals surface area contributed by atoms with Crippen LogP contribution in [0.4, 0.5) is 15.8 Å². The number of anilines is 2. The normalized spacial score (nSPS) is 14.6. The number of carbonyl (C=O) groups is 3. The summed E-state index contributed by atoms with van der Waals surface area (Å²) in [5.41, 5.74) is 12.6. The van der Waals surface area contributed by atoms with Crippen molar-refractivity contribution in [2.45, 2.75) is 44.2 Å². The summed E-state index contributed by atoms with van der Waals surface area (Å²) in [7, 11) is 0. The van der Waals surface area contributed by atoms with E-state index in [0.717, 1.165) is 54.5 Å². The zero-order valence-electron chi connectivity index (χ0n) is 21.0. The van der Waals surface area contributed by atoms with Crippen molar-refractivity contribution in [1.29, 1.82) is 0 Å². The van der Waals surface area contributed by atoms with Crippen LogP contribution in [0.25, 0.3) is 10.9 Å². The van der Waals surface area contributed by atoms with E-state index in [2.05, 4.69) is 14.7 Å². The molecule has 0 saturated heterocycles. The maximum atomic E-state index is 14.1. The first-order valence-electron chi connectivity index (χ1n) is 12.6. The van der Waals surface area contributed by atoms with E-state index in [1.165, 1.54) is 29.2 Å². The molecule has 2 aromatic carbocycles. The summed E-state index contributed by atoms with van der Waals surface area (Å²) in [6.07, 6.45) is 6.48. The van der Waals surface area contributed by atoms with Crippen LogP contribution in [0.2, 0.25) is 0 Å². The molecule has 1 aliphatic rings. The Balaban J connectivity index is 1.66. The summed E-state index contributed by atoms with van der Waals surface area (Å²) in [5.74, 6) is -2.43. The number of nitrogens with one attached hydrogen (secondary N) is 1. The van der Waals surface area contributed by atoms with Crippen molar-refractivity contribution in [3.63, 3.8) is 0 Å². The van der Waals surface area contributed by atoms with Crippen LogP contribution in [0.3, 0.4) is 0 Å². The molecule has 5 rings (SSSR count). The number of nitrogens with zero attached hydrogens (tertiary/aromatic N) is 3. The number of halogens is 1. The first-order chi connectivity index (χ1) is 18.8. The maximum Gasteiger partial charge on any atom is 0.273 e. The largest absolute Gasteiger partial charge is 0.395 e. The van der Waals surface area contributed by atoms with Gasteiger partial charge in [-0.05, 0) is 72.4 Å². The summed E-state index contributed by atoms with van der Waals surface area (Å²) >= 11 is 0.718. The van der Waals surface area contributed by atoms with E-state index in [0.29, 0.717) is 5.56 Å². The second kappa shape index (κ2) is 11.2. The molecular weight excluding hydrogens is 519 g/mol. The minimum Gasteiger partial charge on any atom is -0.395 e. The highest BCUT2D eigenvalue weighted by Crippen LogP contribution is 2.34. The van der Waals surface area contributed by atoms with Crippen LogP contribution in [0.1, 0.15) is 63.9 Å². The Kier molecular flexibility index (Phi) is 7.51. The number of fused-ring (bicyclic) bond motifs is 1. The van der Waals surface area contributed by atoms with Gasteiger partial charge >= 0.3 is 0 Å². The van der Waals surface area contributed by atoms with Gasteiger partial charge in [0, 0.05) is 23.3 Å². The predicted molar refractivity (Wildman–Crippen MR) is 148 cm³/mol. The lowest BCUT2D eigenvalue weighted by Crippen LogP contribution is -2.47. The Morgan fingerprint density at radius 3 is 2.49 bits per heavy atom. The lowest BCUT2D eigenvalue weighted by atomic mass is 9.94. The monoisotopic (exact) mass is 546 g/mol. The lowest BCUT2D eigenvalue weighted by molar-refractivity contribution is -0.123. The van der Waals surface area contributed by atoms with Crippen molar-refractivity contribution in [2.75, 3.05) is 10.6 Å². The molecule has 1 aliphatic carbocycles. The van der Waals surface area contributed by atoms with Gasteiger partial charge in [-0.25, -0.2) is 4.39 Å². The Morgan fingerprint density at radius 1 is 1.05 bits per heavy atom. The quantitative estimate of drug-likeness (QED) is 0.314. The molecule has 39 heavy (non-hydrogen) atoms. The smallest absolute Gasteiger partial charge is 0.273 e. The number of hydrogen-bond donors (Lipinski definition) is 3. The van der Waals surface area contributed by atoms with Crippen molar-refractivity contribution in [2.24, 2.45) is 5.73 Å². The summed E-state index contributed by atoms with van der Waals surface area (Å²) < 4.78 is 17.9. The van der Waals surface area contributed by atoms with E-state index in [4.69, 9.17) is 11.5 Å². The summed E-state index contributed by atoms with van der Waals surface area (Å²) in [4.78, 5) is 45.6. The van der Waals surface area contributed by atoms with Gasteiger partial charge in [-0.3, -0.25) is 24.3 Å². The second-order valence-electron chi connectivity index (χ2n) is 9.49. The van der Waals surface area contributed by atoms with Crippen LogP contribution in [0, 0.1) is 5.82 Å². The zero-order valence-corrected chi connectivity index (χ0v) is 21.8. The van der Waals surface area contributed by atoms with E-state index in [9.17, 15) is 18.8 Å². The minimum absolute atomic E-state index is 0.0315. The first kappa shape index (κ1) is 26.2. The van der Waals surface area contributed by atoms with Crippen LogP contribution in [-0.2, 0) is 4.79 Å². The van der Waals surface area contributed by atoms with Gasteiger partial charge in [0.2, 0.25) is 5.91 Å². The first-order valence-corrected chi connectivity index (χ1v) is 13.4. The van der Waals surface area contributed by atoms with Gasteiger partial charge in [0.15, 0.2) is 5.69 Å². The number of pyridine rings is 1. The molecule has 1 fully saturated rings. The Labute approximate surface area is 228 Å². The van der Waals surface area contributed by atoms with Gasteiger partial charge in [-0.15, -0.1) is 0 Å². The molecule has 0 radical (unpaired) electrons. The molecule has 200 valence electrons. The van der Waals surface area contributed by atoms with Gasteiger partial charge < -0.3 is 16.8 Å². The van der Waals surface area contributed by atoms with Crippen molar-refractivity contribution in [1.82, 2.24) is 14.7 Å². The van der Waals surface area contributed by atoms with Crippen molar-refractivity contribution in [3.8, 4) is 0 Å². The number of rotatable bonds is 7. The SMILES string of the molecule is NC(=O)c1nsc(C(=O)N(c2ccc(F)cc2)C(C(=O)NC2CCCCC2)c2ccc3ncccc3c2)c1N.